The third kappa shape index (κ3) is 2.41. The highest BCUT2D eigenvalue weighted by molar-refractivity contribution is 5.55. The molecule has 1 aromatic rings. The third-order valence-electron chi connectivity index (χ3n) is 2.47. The zero-order chi connectivity index (χ0) is 11.6. The first-order chi connectivity index (χ1) is 6.97. The summed E-state index contributed by atoms with van der Waals surface area (Å²) in [5, 5.41) is 0. The molecule has 0 aromatic carbocycles. The predicted octanol–water partition coefficient (Wildman–Crippen LogP) is 2.92. The average molecular weight is 208 g/mol. The lowest BCUT2D eigenvalue weighted by atomic mass is 9.97. The Morgan fingerprint density at radius 2 is 1.80 bits per heavy atom. The molecule has 3 heteroatoms. The van der Waals surface area contributed by atoms with E-state index in [-0.39, 0.29) is 0 Å². The van der Waals surface area contributed by atoms with E-state index in [0.29, 0.717) is 17.7 Å². The van der Waals surface area contributed by atoms with Crippen LogP contribution in [0.5, 0.6) is 5.88 Å². The predicted molar refractivity (Wildman–Crippen MR) is 63.4 cm³/mol. The van der Waals surface area contributed by atoms with E-state index in [1.807, 2.05) is 6.07 Å². The first-order valence-electron chi connectivity index (χ1n) is 5.31. The van der Waals surface area contributed by atoms with E-state index in [9.17, 15) is 0 Å². The maximum atomic E-state index is 6.09. The fraction of sp³-hybridized carbons (Fsp3) is 0.583. The summed E-state index contributed by atoms with van der Waals surface area (Å²) in [5.74, 6) is 1.36. The van der Waals surface area contributed by atoms with Crippen molar-refractivity contribution in [1.82, 2.24) is 4.98 Å². The molecule has 0 aliphatic carbocycles. The normalized spacial score (nSPS) is 11.1. The molecule has 2 N–H and O–H groups in total. The van der Waals surface area contributed by atoms with Gasteiger partial charge in [0.1, 0.15) is 0 Å². The molecule has 0 bridgehead atoms. The van der Waals surface area contributed by atoms with Gasteiger partial charge in [0, 0.05) is 6.07 Å². The number of hydrogen-bond acceptors (Lipinski definition) is 3. The highest BCUT2D eigenvalue weighted by atomic mass is 16.5. The zero-order valence-corrected chi connectivity index (χ0v) is 10.2. The molecule has 0 fully saturated rings. The highest BCUT2D eigenvalue weighted by Crippen LogP contribution is 2.31. The molecule has 1 rings (SSSR count). The maximum absolute atomic E-state index is 6.09. The summed E-state index contributed by atoms with van der Waals surface area (Å²) in [6, 6.07) is 1.92. The summed E-state index contributed by atoms with van der Waals surface area (Å²) in [7, 11) is 1.63. The van der Waals surface area contributed by atoms with Crippen LogP contribution in [0, 0.1) is 0 Å². The van der Waals surface area contributed by atoms with E-state index in [0.717, 1.165) is 16.9 Å². The van der Waals surface area contributed by atoms with Crippen molar-refractivity contribution in [2.75, 3.05) is 12.8 Å². The van der Waals surface area contributed by atoms with Crippen LogP contribution in [0.15, 0.2) is 6.07 Å². The van der Waals surface area contributed by atoms with Gasteiger partial charge in [-0.15, -0.1) is 0 Å². The number of anilines is 1. The number of nitrogens with two attached hydrogens (primary N) is 1. The van der Waals surface area contributed by atoms with E-state index in [4.69, 9.17) is 10.5 Å². The SMILES string of the molecule is COc1cc(C(C)C)c(N)c(C(C)C)n1. The van der Waals surface area contributed by atoms with Crippen molar-refractivity contribution in [3.8, 4) is 5.88 Å². The van der Waals surface area contributed by atoms with Gasteiger partial charge >= 0.3 is 0 Å². The van der Waals surface area contributed by atoms with Gasteiger partial charge in [0.05, 0.1) is 18.5 Å². The minimum Gasteiger partial charge on any atom is -0.481 e. The molecule has 0 saturated carbocycles. The quantitative estimate of drug-likeness (QED) is 0.830. The monoisotopic (exact) mass is 208 g/mol. The van der Waals surface area contributed by atoms with Crippen molar-refractivity contribution in [2.24, 2.45) is 0 Å². The van der Waals surface area contributed by atoms with Crippen molar-refractivity contribution in [3.05, 3.63) is 17.3 Å². The smallest absolute Gasteiger partial charge is 0.213 e. The highest BCUT2D eigenvalue weighted by Gasteiger charge is 2.14. The molecule has 84 valence electrons. The largest absolute Gasteiger partial charge is 0.481 e. The van der Waals surface area contributed by atoms with Crippen LogP contribution in [0.3, 0.4) is 0 Å². The number of methoxy groups -OCH3 is 1. The molecule has 1 heterocycles. The van der Waals surface area contributed by atoms with E-state index in [1.54, 1.807) is 7.11 Å². The minimum atomic E-state index is 0.317. The minimum absolute atomic E-state index is 0.317. The molecule has 0 amide bonds. The molecule has 0 atom stereocenters. The Hall–Kier alpha value is -1.25. The van der Waals surface area contributed by atoms with E-state index < -0.39 is 0 Å². The lowest BCUT2D eigenvalue weighted by Crippen LogP contribution is -2.07. The fourth-order valence-corrected chi connectivity index (χ4v) is 1.59. The Kier molecular flexibility index (Phi) is 3.56. The van der Waals surface area contributed by atoms with Gasteiger partial charge < -0.3 is 10.5 Å². The Balaban J connectivity index is 3.33. The standard InChI is InChI=1S/C12H20N2O/c1-7(2)9-6-10(15-5)14-12(8(3)4)11(9)13/h6-8H,13H2,1-5H3. The summed E-state index contributed by atoms with van der Waals surface area (Å²) in [4.78, 5) is 4.39. The molecule has 1 aromatic heterocycles. The molecule has 0 radical (unpaired) electrons. The molecule has 0 spiro atoms. The van der Waals surface area contributed by atoms with E-state index in [2.05, 4.69) is 32.7 Å². The first-order valence-corrected chi connectivity index (χ1v) is 5.31. The van der Waals surface area contributed by atoms with Crippen LogP contribution >= 0.6 is 0 Å². The molecular formula is C12H20N2O. The Bertz CT molecular complexity index is 316. The summed E-state index contributed by atoms with van der Waals surface area (Å²) >= 11 is 0. The van der Waals surface area contributed by atoms with Crippen LogP contribution in [-0.2, 0) is 0 Å². The van der Waals surface area contributed by atoms with Gasteiger partial charge in [-0.05, 0) is 17.4 Å². The molecule has 0 aliphatic heterocycles. The molecule has 0 aliphatic rings. The second-order valence-electron chi connectivity index (χ2n) is 4.36. The second kappa shape index (κ2) is 4.51. The number of pyridine rings is 1. The second-order valence-corrected chi connectivity index (χ2v) is 4.36. The van der Waals surface area contributed by atoms with Crippen LogP contribution in [0.2, 0.25) is 0 Å². The van der Waals surface area contributed by atoms with Gasteiger partial charge in [-0.2, -0.15) is 0 Å². The third-order valence-corrected chi connectivity index (χ3v) is 2.47. The molecule has 0 unspecified atom stereocenters. The van der Waals surface area contributed by atoms with Crippen LogP contribution < -0.4 is 10.5 Å². The first kappa shape index (κ1) is 11.8. The molecule has 15 heavy (non-hydrogen) atoms. The summed E-state index contributed by atoms with van der Waals surface area (Å²) < 4.78 is 5.18. The van der Waals surface area contributed by atoms with Gasteiger partial charge in [-0.3, -0.25) is 0 Å². The van der Waals surface area contributed by atoms with Crippen LogP contribution in [0.1, 0.15) is 50.8 Å². The number of aromatic nitrogens is 1. The van der Waals surface area contributed by atoms with Gasteiger partial charge in [-0.1, -0.05) is 27.7 Å². The van der Waals surface area contributed by atoms with Crippen LogP contribution in [0.4, 0.5) is 5.69 Å². The van der Waals surface area contributed by atoms with Gasteiger partial charge in [-0.25, -0.2) is 4.98 Å². The number of ether oxygens (including phenoxy) is 1. The fourth-order valence-electron chi connectivity index (χ4n) is 1.59. The van der Waals surface area contributed by atoms with E-state index >= 15 is 0 Å². The summed E-state index contributed by atoms with van der Waals surface area (Å²) in [6.45, 7) is 8.41. The maximum Gasteiger partial charge on any atom is 0.213 e. The topological polar surface area (TPSA) is 48.1 Å². The lowest BCUT2D eigenvalue weighted by Gasteiger charge is -2.16. The molecule has 3 nitrogen and oxygen atoms in total. The van der Waals surface area contributed by atoms with Crippen molar-refractivity contribution in [2.45, 2.75) is 39.5 Å². The summed E-state index contributed by atoms with van der Waals surface area (Å²) in [5.41, 5.74) is 8.94. The van der Waals surface area contributed by atoms with Crippen LogP contribution in [-0.4, -0.2) is 12.1 Å². The number of nitrogens with zero attached hydrogens (tertiary/aromatic N) is 1. The molecule has 0 saturated heterocycles. The lowest BCUT2D eigenvalue weighted by molar-refractivity contribution is 0.395. The number of nitrogen functional groups attached to an aromatic ring is 1. The Labute approximate surface area is 91.7 Å². The molecular weight excluding hydrogens is 188 g/mol. The Morgan fingerprint density at radius 3 is 2.20 bits per heavy atom. The van der Waals surface area contributed by atoms with Crippen molar-refractivity contribution in [1.29, 1.82) is 0 Å². The van der Waals surface area contributed by atoms with Gasteiger partial charge in [0.15, 0.2) is 0 Å². The average Bonchev–Trinajstić information content (AvgIpc) is 2.17. The van der Waals surface area contributed by atoms with Gasteiger partial charge in [0.2, 0.25) is 5.88 Å². The Morgan fingerprint density at radius 1 is 1.20 bits per heavy atom. The van der Waals surface area contributed by atoms with Crippen molar-refractivity contribution in [3.63, 3.8) is 0 Å². The number of rotatable bonds is 3. The van der Waals surface area contributed by atoms with Crippen molar-refractivity contribution >= 4 is 5.69 Å². The van der Waals surface area contributed by atoms with Gasteiger partial charge in [0.25, 0.3) is 0 Å². The zero-order valence-electron chi connectivity index (χ0n) is 10.2. The van der Waals surface area contributed by atoms with E-state index in [1.165, 1.54) is 0 Å². The van der Waals surface area contributed by atoms with Crippen molar-refractivity contribution < 1.29 is 4.74 Å². The summed E-state index contributed by atoms with van der Waals surface area (Å²) in [6.07, 6.45) is 0. The number of hydrogen-bond donors (Lipinski definition) is 1. The van der Waals surface area contributed by atoms with Crippen LogP contribution in [0.25, 0.3) is 0 Å².